The van der Waals surface area contributed by atoms with Crippen LogP contribution in [0, 0.1) is 6.92 Å². The first kappa shape index (κ1) is 8.85. The SMILES string of the molecule is Cc1cccc[c]1[Al+][CH](C)C.[H-]. The van der Waals surface area contributed by atoms with Gasteiger partial charge in [0.05, 0.1) is 0 Å². The minimum absolute atomic E-state index is 0. The molecule has 0 aliphatic rings. The van der Waals surface area contributed by atoms with Crippen molar-refractivity contribution in [2.24, 2.45) is 0 Å². The molecule has 1 heteroatoms. The van der Waals surface area contributed by atoms with Crippen molar-refractivity contribution in [1.29, 1.82) is 0 Å². The van der Waals surface area contributed by atoms with E-state index in [1.165, 1.54) is 5.56 Å². The van der Waals surface area contributed by atoms with Gasteiger partial charge < -0.3 is 1.43 Å². The summed E-state index contributed by atoms with van der Waals surface area (Å²) >= 11 is 0.477. The first-order chi connectivity index (χ1) is 5.20. The zero-order valence-corrected chi connectivity index (χ0v) is 8.62. The van der Waals surface area contributed by atoms with Gasteiger partial charge >= 0.3 is 75.0 Å². The molecule has 58 valence electrons. The molecule has 11 heavy (non-hydrogen) atoms. The van der Waals surface area contributed by atoms with Crippen molar-refractivity contribution in [3.05, 3.63) is 29.8 Å². The first-order valence-corrected chi connectivity index (χ1v) is 5.35. The molecule has 1 aromatic carbocycles. The maximum atomic E-state index is 2.29. The first-order valence-electron chi connectivity index (χ1n) is 4.10. The molecule has 0 atom stereocenters. The van der Waals surface area contributed by atoms with Crippen LogP contribution in [-0.4, -0.2) is 15.2 Å². The Kier molecular flexibility index (Phi) is 3.18. The van der Waals surface area contributed by atoms with Crippen molar-refractivity contribution in [2.45, 2.75) is 25.6 Å². The summed E-state index contributed by atoms with van der Waals surface area (Å²) < 4.78 is 2.42. The smallest absolute Gasteiger partial charge is 1.00 e. The van der Waals surface area contributed by atoms with Gasteiger partial charge in [0.15, 0.2) is 0 Å². The molecule has 0 heterocycles. The van der Waals surface area contributed by atoms with Crippen LogP contribution >= 0.6 is 0 Å². The monoisotopic (exact) mass is 162 g/mol. The Labute approximate surface area is 76.8 Å². The van der Waals surface area contributed by atoms with Gasteiger partial charge in [-0.1, -0.05) is 0 Å². The molecule has 0 aromatic heterocycles. The fraction of sp³-hybridized carbons (Fsp3) is 0.400. The van der Waals surface area contributed by atoms with Crippen molar-refractivity contribution >= 4 is 19.6 Å². The number of rotatable bonds is 2. The minimum atomic E-state index is 0. The summed E-state index contributed by atoms with van der Waals surface area (Å²) in [4.78, 5) is 0. The molecule has 0 aliphatic carbocycles. The summed E-state index contributed by atoms with van der Waals surface area (Å²) in [5, 5.41) is 0. The van der Waals surface area contributed by atoms with Gasteiger partial charge in [0, 0.05) is 0 Å². The molecule has 0 spiro atoms. The number of hydrogen-bond acceptors (Lipinski definition) is 0. The molecule has 0 amide bonds. The molecule has 0 fully saturated rings. The molecule has 1 aromatic rings. The molecule has 0 saturated carbocycles. The zero-order valence-electron chi connectivity index (χ0n) is 8.46. The molecular formula is C10H15Al. The quantitative estimate of drug-likeness (QED) is 0.585. The third-order valence-electron chi connectivity index (χ3n) is 1.70. The maximum Gasteiger partial charge on any atom is -1.00 e. The normalized spacial score (nSPS) is 9.82. The van der Waals surface area contributed by atoms with Gasteiger partial charge in [-0.15, -0.1) is 0 Å². The number of aryl methyl sites for hydroxylation is 1. The fourth-order valence-corrected chi connectivity index (χ4v) is 2.43. The van der Waals surface area contributed by atoms with E-state index >= 15 is 0 Å². The van der Waals surface area contributed by atoms with E-state index in [4.69, 9.17) is 0 Å². The molecule has 0 N–H and O–H groups in total. The maximum absolute atomic E-state index is 2.29. The average Bonchev–Trinajstić information content (AvgIpc) is 1.93. The standard InChI is InChI=1S/C7H7.C3H7.Al.H/c1-7-5-3-2-4-6-7;1-3-2;;/h2-5H,1H3;3H,1-2H3;;/q;;+1;-1. The molecule has 0 bridgehead atoms. The van der Waals surface area contributed by atoms with Crippen molar-refractivity contribution in [3.63, 3.8) is 0 Å². The summed E-state index contributed by atoms with van der Waals surface area (Å²) in [5.41, 5.74) is 1.45. The third kappa shape index (κ3) is 2.69. The molecule has 0 saturated heterocycles. The van der Waals surface area contributed by atoms with E-state index in [2.05, 4.69) is 45.0 Å². The van der Waals surface area contributed by atoms with Gasteiger partial charge in [-0.05, 0) is 0 Å². The van der Waals surface area contributed by atoms with Gasteiger partial charge in [-0.3, -0.25) is 0 Å². The zero-order chi connectivity index (χ0) is 8.27. The second-order valence-electron chi connectivity index (χ2n) is 3.27. The van der Waals surface area contributed by atoms with Gasteiger partial charge in [-0.25, -0.2) is 0 Å². The van der Waals surface area contributed by atoms with Crippen LogP contribution in [0.2, 0.25) is 4.78 Å². The predicted octanol–water partition coefficient (Wildman–Crippen LogP) is 2.27. The topological polar surface area (TPSA) is 0 Å². The van der Waals surface area contributed by atoms with Gasteiger partial charge in [-0.2, -0.15) is 0 Å². The van der Waals surface area contributed by atoms with Gasteiger partial charge in [0.25, 0.3) is 0 Å². The molecule has 1 rings (SSSR count). The largest absolute Gasteiger partial charge is 1.00 e. The molecule has 0 nitrogen and oxygen atoms in total. The predicted molar refractivity (Wildman–Crippen MR) is 52.8 cm³/mol. The molecular weight excluding hydrogens is 147 g/mol. The van der Waals surface area contributed by atoms with Crippen LogP contribution in [0.5, 0.6) is 0 Å². The molecule has 0 unspecified atom stereocenters. The molecule has 0 radical (unpaired) electrons. The van der Waals surface area contributed by atoms with E-state index in [1.807, 2.05) is 0 Å². The van der Waals surface area contributed by atoms with E-state index in [9.17, 15) is 0 Å². The van der Waals surface area contributed by atoms with E-state index < -0.39 is 0 Å². The van der Waals surface area contributed by atoms with Crippen LogP contribution < -0.4 is 4.43 Å². The van der Waals surface area contributed by atoms with Crippen LogP contribution in [0.4, 0.5) is 0 Å². The Hall–Kier alpha value is -0.248. The van der Waals surface area contributed by atoms with Crippen LogP contribution in [0.15, 0.2) is 24.3 Å². The van der Waals surface area contributed by atoms with Crippen LogP contribution in [0.1, 0.15) is 20.8 Å². The van der Waals surface area contributed by atoms with E-state index in [0.29, 0.717) is 15.2 Å². The summed E-state index contributed by atoms with van der Waals surface area (Å²) in [6.07, 6.45) is 0. The van der Waals surface area contributed by atoms with Gasteiger partial charge in [0.1, 0.15) is 0 Å². The Morgan fingerprint density at radius 3 is 2.45 bits per heavy atom. The summed E-state index contributed by atoms with van der Waals surface area (Å²) in [7, 11) is 0. The van der Waals surface area contributed by atoms with E-state index in [-0.39, 0.29) is 1.43 Å². The van der Waals surface area contributed by atoms with E-state index in [0.717, 1.165) is 4.78 Å². The second kappa shape index (κ2) is 3.95. The third-order valence-corrected chi connectivity index (χ3v) is 3.37. The second-order valence-corrected chi connectivity index (χ2v) is 5.56. The van der Waals surface area contributed by atoms with Crippen molar-refractivity contribution < 1.29 is 1.43 Å². The van der Waals surface area contributed by atoms with Crippen molar-refractivity contribution in [3.8, 4) is 0 Å². The Morgan fingerprint density at radius 2 is 1.91 bits per heavy atom. The fourth-order valence-electron chi connectivity index (χ4n) is 1.13. The number of benzene rings is 1. The molecule has 0 aliphatic heterocycles. The Morgan fingerprint density at radius 1 is 1.27 bits per heavy atom. The summed E-state index contributed by atoms with van der Waals surface area (Å²) in [5.74, 6) is 0. The Bertz CT molecular complexity index is 233. The van der Waals surface area contributed by atoms with E-state index in [1.54, 1.807) is 4.43 Å². The average molecular weight is 162 g/mol. The Balaban J connectivity index is 0.00000121. The van der Waals surface area contributed by atoms with Crippen molar-refractivity contribution in [2.75, 3.05) is 0 Å². The summed E-state index contributed by atoms with van der Waals surface area (Å²) in [6, 6.07) is 8.70. The number of hydrogen-bond donors (Lipinski definition) is 0. The van der Waals surface area contributed by atoms with Crippen molar-refractivity contribution in [1.82, 2.24) is 0 Å². The van der Waals surface area contributed by atoms with Crippen LogP contribution in [-0.2, 0) is 0 Å². The van der Waals surface area contributed by atoms with Gasteiger partial charge in [0.2, 0.25) is 0 Å². The van der Waals surface area contributed by atoms with Crippen LogP contribution in [0.25, 0.3) is 0 Å². The minimum Gasteiger partial charge on any atom is -1.00 e. The summed E-state index contributed by atoms with van der Waals surface area (Å²) in [6.45, 7) is 6.79. The van der Waals surface area contributed by atoms with Crippen LogP contribution in [0.3, 0.4) is 0 Å².